The van der Waals surface area contributed by atoms with E-state index in [1.807, 2.05) is 6.07 Å². The van der Waals surface area contributed by atoms with Crippen molar-refractivity contribution in [2.45, 2.75) is 24.8 Å². The Kier molecular flexibility index (Phi) is 2.59. The van der Waals surface area contributed by atoms with E-state index in [2.05, 4.69) is 28.6 Å². The molecule has 1 atom stereocenters. The van der Waals surface area contributed by atoms with Crippen molar-refractivity contribution < 1.29 is 5.11 Å². The summed E-state index contributed by atoms with van der Waals surface area (Å²) in [5.74, 6) is 2.09. The molecular formula is C16H21N3O. The molecule has 1 saturated heterocycles. The molecule has 4 heteroatoms. The van der Waals surface area contributed by atoms with E-state index in [1.165, 1.54) is 48.2 Å². The summed E-state index contributed by atoms with van der Waals surface area (Å²) in [6.07, 6.45) is 2.53. The van der Waals surface area contributed by atoms with Crippen LogP contribution in [0.4, 0.5) is 5.82 Å². The van der Waals surface area contributed by atoms with Gasteiger partial charge in [0.05, 0.1) is 12.6 Å². The number of aliphatic hydroxyl groups excluding tert-OH is 1. The van der Waals surface area contributed by atoms with Crippen LogP contribution in [0.15, 0.2) is 18.2 Å². The van der Waals surface area contributed by atoms with E-state index in [9.17, 15) is 5.11 Å². The van der Waals surface area contributed by atoms with Crippen LogP contribution in [0.25, 0.3) is 10.9 Å². The van der Waals surface area contributed by atoms with Crippen molar-refractivity contribution in [3.63, 3.8) is 0 Å². The first-order chi connectivity index (χ1) is 9.70. The molecule has 4 heterocycles. The van der Waals surface area contributed by atoms with Crippen molar-refractivity contribution in [1.29, 1.82) is 0 Å². The van der Waals surface area contributed by atoms with Gasteiger partial charge in [0.2, 0.25) is 0 Å². The summed E-state index contributed by atoms with van der Waals surface area (Å²) in [6, 6.07) is 6.11. The molecule has 2 aromatic rings. The quantitative estimate of drug-likeness (QED) is 0.876. The molecule has 0 aliphatic carbocycles. The van der Waals surface area contributed by atoms with Crippen molar-refractivity contribution in [1.82, 2.24) is 4.57 Å². The zero-order valence-electron chi connectivity index (χ0n) is 11.8. The molecule has 5 rings (SSSR count). The molecule has 3 aliphatic rings. The van der Waals surface area contributed by atoms with Crippen molar-refractivity contribution in [3.8, 4) is 0 Å². The van der Waals surface area contributed by atoms with E-state index in [4.69, 9.17) is 5.73 Å². The number of rotatable bonds is 2. The molecule has 2 bridgehead atoms. The smallest absolute Gasteiger partial charge is 0.112 e. The Labute approximate surface area is 118 Å². The molecule has 1 aromatic heterocycles. The van der Waals surface area contributed by atoms with Crippen LogP contribution in [0.2, 0.25) is 0 Å². The van der Waals surface area contributed by atoms with Gasteiger partial charge in [0, 0.05) is 36.6 Å². The number of nitrogens with zero attached hydrogens (tertiary/aromatic N) is 2. The Hall–Kier alpha value is -1.52. The lowest BCUT2D eigenvalue weighted by molar-refractivity contribution is 0.268. The predicted molar refractivity (Wildman–Crippen MR) is 81.1 cm³/mol. The minimum atomic E-state index is -0.281. The Morgan fingerprint density at radius 2 is 2.10 bits per heavy atom. The number of hydrogen-bond donors (Lipinski definition) is 2. The average Bonchev–Trinajstić information content (AvgIpc) is 2.83. The van der Waals surface area contributed by atoms with Gasteiger partial charge in [-0.2, -0.15) is 0 Å². The van der Waals surface area contributed by atoms with Gasteiger partial charge >= 0.3 is 0 Å². The van der Waals surface area contributed by atoms with Gasteiger partial charge in [-0.05, 0) is 36.5 Å². The Morgan fingerprint density at radius 3 is 2.80 bits per heavy atom. The lowest BCUT2D eigenvalue weighted by Crippen LogP contribution is -2.39. The van der Waals surface area contributed by atoms with Gasteiger partial charge < -0.3 is 20.3 Å². The standard InChI is InChI=1S/C16H21N3O/c1-18-14-3-2-11(13(17)9-20)8-12(14)15-10-4-6-19(7-5-10)16(15)18/h2-3,8,10,13,20H,4-7,9,17H2,1H3. The van der Waals surface area contributed by atoms with Crippen molar-refractivity contribution in [3.05, 3.63) is 29.3 Å². The third-order valence-corrected chi connectivity index (χ3v) is 5.06. The topological polar surface area (TPSA) is 54.4 Å². The number of piperidine rings is 1. The van der Waals surface area contributed by atoms with Crippen LogP contribution in [0.3, 0.4) is 0 Å². The van der Waals surface area contributed by atoms with Gasteiger partial charge in [0.1, 0.15) is 5.82 Å². The average molecular weight is 271 g/mol. The van der Waals surface area contributed by atoms with Crippen LogP contribution in [0.5, 0.6) is 0 Å². The number of aryl methyl sites for hydroxylation is 1. The molecule has 106 valence electrons. The SMILES string of the molecule is Cn1c2c(c3cc(C(N)CO)ccc31)C1CCN2CC1. The van der Waals surface area contributed by atoms with Gasteiger partial charge in [-0.15, -0.1) is 0 Å². The van der Waals surface area contributed by atoms with Crippen LogP contribution in [-0.4, -0.2) is 29.4 Å². The Morgan fingerprint density at radius 1 is 1.35 bits per heavy atom. The zero-order valence-corrected chi connectivity index (χ0v) is 11.8. The van der Waals surface area contributed by atoms with E-state index >= 15 is 0 Å². The fraction of sp³-hybridized carbons (Fsp3) is 0.500. The minimum Gasteiger partial charge on any atom is -0.394 e. The van der Waals surface area contributed by atoms with Crippen molar-refractivity contribution in [2.24, 2.45) is 12.8 Å². The molecule has 1 unspecified atom stereocenters. The Bertz CT molecular complexity index is 668. The number of hydrogen-bond acceptors (Lipinski definition) is 3. The maximum atomic E-state index is 9.27. The number of nitrogens with two attached hydrogens (primary N) is 1. The lowest BCUT2D eigenvalue weighted by Gasteiger charge is -2.41. The first-order valence-electron chi connectivity index (χ1n) is 7.44. The molecule has 20 heavy (non-hydrogen) atoms. The largest absolute Gasteiger partial charge is 0.394 e. The number of fused-ring (bicyclic) bond motifs is 3. The molecule has 4 nitrogen and oxygen atoms in total. The lowest BCUT2D eigenvalue weighted by atomic mass is 9.84. The minimum absolute atomic E-state index is 0.00388. The van der Waals surface area contributed by atoms with E-state index in [-0.39, 0.29) is 12.6 Å². The maximum absolute atomic E-state index is 9.27. The highest BCUT2D eigenvalue weighted by atomic mass is 16.3. The van der Waals surface area contributed by atoms with E-state index in [1.54, 1.807) is 0 Å². The first kappa shape index (κ1) is 12.2. The third kappa shape index (κ3) is 1.49. The molecule has 0 saturated carbocycles. The number of aliphatic hydroxyl groups is 1. The highest BCUT2D eigenvalue weighted by Crippen LogP contribution is 2.47. The highest BCUT2D eigenvalue weighted by Gasteiger charge is 2.35. The van der Waals surface area contributed by atoms with Gasteiger partial charge in [-0.3, -0.25) is 0 Å². The summed E-state index contributed by atoms with van der Waals surface area (Å²) < 4.78 is 2.32. The maximum Gasteiger partial charge on any atom is 0.112 e. The second-order valence-corrected chi connectivity index (χ2v) is 6.12. The van der Waals surface area contributed by atoms with Gasteiger partial charge in [0.25, 0.3) is 0 Å². The van der Waals surface area contributed by atoms with Crippen LogP contribution >= 0.6 is 0 Å². The second-order valence-electron chi connectivity index (χ2n) is 6.12. The summed E-state index contributed by atoms with van der Waals surface area (Å²) in [5.41, 5.74) is 9.80. The van der Waals surface area contributed by atoms with Crippen LogP contribution in [0.1, 0.15) is 35.9 Å². The predicted octanol–water partition coefficient (Wildman–Crippen LogP) is 1.87. The fourth-order valence-electron chi connectivity index (χ4n) is 3.98. The van der Waals surface area contributed by atoms with Crippen LogP contribution < -0.4 is 10.6 Å². The van der Waals surface area contributed by atoms with Crippen LogP contribution in [-0.2, 0) is 7.05 Å². The number of aromatic nitrogens is 1. The van der Waals surface area contributed by atoms with Crippen molar-refractivity contribution >= 4 is 16.7 Å². The molecule has 0 radical (unpaired) electrons. The van der Waals surface area contributed by atoms with Gasteiger partial charge in [0.15, 0.2) is 0 Å². The number of benzene rings is 1. The van der Waals surface area contributed by atoms with E-state index in [0.717, 1.165) is 5.56 Å². The normalized spacial score (nSPS) is 19.6. The molecule has 3 N–H and O–H groups in total. The third-order valence-electron chi connectivity index (χ3n) is 5.06. The van der Waals surface area contributed by atoms with Crippen molar-refractivity contribution in [2.75, 3.05) is 24.6 Å². The highest BCUT2D eigenvalue weighted by molar-refractivity contribution is 5.92. The van der Waals surface area contributed by atoms with Crippen LogP contribution in [0, 0.1) is 0 Å². The van der Waals surface area contributed by atoms with Gasteiger partial charge in [-0.1, -0.05) is 6.07 Å². The summed E-state index contributed by atoms with van der Waals surface area (Å²) in [6.45, 7) is 2.37. The monoisotopic (exact) mass is 271 g/mol. The summed E-state index contributed by atoms with van der Waals surface area (Å²) in [4.78, 5) is 2.51. The fourth-order valence-corrected chi connectivity index (χ4v) is 3.98. The molecule has 1 fully saturated rings. The second kappa shape index (κ2) is 4.24. The molecular weight excluding hydrogens is 250 g/mol. The molecule has 0 spiro atoms. The van der Waals surface area contributed by atoms with Gasteiger partial charge in [-0.25, -0.2) is 0 Å². The van der Waals surface area contributed by atoms with E-state index < -0.39 is 0 Å². The van der Waals surface area contributed by atoms with E-state index in [0.29, 0.717) is 5.92 Å². The summed E-state index contributed by atoms with van der Waals surface area (Å²) in [5, 5.41) is 10.6. The number of anilines is 1. The zero-order chi connectivity index (χ0) is 13.9. The molecule has 1 aromatic carbocycles. The summed E-state index contributed by atoms with van der Waals surface area (Å²) in [7, 11) is 2.16. The first-order valence-corrected chi connectivity index (χ1v) is 7.44. The summed E-state index contributed by atoms with van der Waals surface area (Å²) >= 11 is 0. The molecule has 3 aliphatic heterocycles. The Balaban J connectivity index is 1.98. The molecule has 0 amide bonds.